The van der Waals surface area contributed by atoms with E-state index >= 15 is 0 Å². The Morgan fingerprint density at radius 2 is 2.11 bits per heavy atom. The minimum atomic E-state index is -0.970. The zero-order chi connectivity index (χ0) is 12.5. The number of hydrogen-bond acceptors (Lipinski definition) is 3. The molecule has 0 aliphatic rings. The van der Waals surface area contributed by atoms with Gasteiger partial charge in [-0.05, 0) is 18.2 Å². The number of carboxylic acid groups (broad SMARTS) is 1. The fraction of sp³-hybridized carbons (Fsp3) is 0. The van der Waals surface area contributed by atoms with E-state index in [1.165, 1.54) is 0 Å². The summed E-state index contributed by atoms with van der Waals surface area (Å²) >= 11 is 0. The molecule has 2 N–H and O–H groups in total. The molecule has 0 fully saturated rings. The highest BCUT2D eigenvalue weighted by Gasteiger charge is 2.14. The number of carboxylic acids is 1. The average Bonchev–Trinajstić information content (AvgIpc) is 2.83. The van der Waals surface area contributed by atoms with Crippen LogP contribution >= 0.6 is 0 Å². The van der Waals surface area contributed by atoms with Crippen molar-refractivity contribution in [3.8, 4) is 11.3 Å². The lowest BCUT2D eigenvalue weighted by molar-refractivity contribution is 0.0699. The van der Waals surface area contributed by atoms with Crippen LogP contribution in [0.15, 0.2) is 42.7 Å². The number of para-hydroxylation sites is 1. The van der Waals surface area contributed by atoms with Gasteiger partial charge in [0.05, 0.1) is 11.1 Å². The first-order chi connectivity index (χ1) is 8.77. The van der Waals surface area contributed by atoms with Crippen molar-refractivity contribution < 1.29 is 9.90 Å². The first-order valence-electron chi connectivity index (χ1n) is 5.38. The van der Waals surface area contributed by atoms with E-state index < -0.39 is 5.97 Å². The quantitative estimate of drug-likeness (QED) is 0.719. The number of H-pyrrole nitrogens is 1. The Bertz CT molecular complexity index is 719. The molecule has 88 valence electrons. The molecule has 3 aromatic rings. The number of carbonyl (C=O) groups is 1. The third-order valence-corrected chi connectivity index (χ3v) is 2.76. The number of aromatic carboxylic acids is 1. The van der Waals surface area contributed by atoms with Crippen molar-refractivity contribution in [2.45, 2.75) is 0 Å². The van der Waals surface area contributed by atoms with Crippen molar-refractivity contribution in [1.29, 1.82) is 0 Å². The maximum Gasteiger partial charge on any atom is 0.337 e. The van der Waals surface area contributed by atoms with Crippen LogP contribution in [-0.4, -0.2) is 26.3 Å². The predicted octanol–water partition coefficient (Wildman–Crippen LogP) is 2.32. The second-order valence-electron chi connectivity index (χ2n) is 3.85. The third-order valence-electron chi connectivity index (χ3n) is 2.76. The van der Waals surface area contributed by atoms with Crippen LogP contribution in [0.1, 0.15) is 10.4 Å². The number of rotatable bonds is 2. The van der Waals surface area contributed by atoms with E-state index in [1.54, 1.807) is 24.5 Å². The lowest BCUT2D eigenvalue weighted by Gasteiger charge is -1.98. The third kappa shape index (κ3) is 1.53. The molecular weight excluding hydrogens is 230 g/mol. The Hall–Kier alpha value is -2.69. The number of hydrogen-bond donors (Lipinski definition) is 2. The average molecular weight is 239 g/mol. The van der Waals surface area contributed by atoms with Crippen LogP contribution in [0.4, 0.5) is 0 Å². The van der Waals surface area contributed by atoms with Crippen LogP contribution in [0, 0.1) is 0 Å². The van der Waals surface area contributed by atoms with Gasteiger partial charge in [-0.2, -0.15) is 5.10 Å². The molecule has 0 radical (unpaired) electrons. The van der Waals surface area contributed by atoms with Gasteiger partial charge in [0.2, 0.25) is 0 Å². The van der Waals surface area contributed by atoms with Gasteiger partial charge in [-0.3, -0.25) is 10.1 Å². The Kier molecular flexibility index (Phi) is 2.30. The molecule has 2 heterocycles. The van der Waals surface area contributed by atoms with Crippen LogP contribution in [0.2, 0.25) is 0 Å². The summed E-state index contributed by atoms with van der Waals surface area (Å²) in [6.07, 6.45) is 3.38. The van der Waals surface area contributed by atoms with Crippen LogP contribution in [0.3, 0.4) is 0 Å². The minimum absolute atomic E-state index is 0.218. The van der Waals surface area contributed by atoms with Gasteiger partial charge >= 0.3 is 5.97 Å². The van der Waals surface area contributed by atoms with Crippen molar-refractivity contribution in [3.05, 3.63) is 48.3 Å². The van der Waals surface area contributed by atoms with Gasteiger partial charge in [0.1, 0.15) is 5.69 Å². The maximum atomic E-state index is 11.1. The molecular formula is C13H9N3O2. The summed E-state index contributed by atoms with van der Waals surface area (Å²) in [4.78, 5) is 15.1. The normalized spacial score (nSPS) is 10.7. The monoisotopic (exact) mass is 239 g/mol. The number of nitrogens with one attached hydrogen (secondary N) is 1. The molecule has 0 spiro atoms. The number of aromatic amines is 1. The van der Waals surface area contributed by atoms with Crippen LogP contribution in [-0.2, 0) is 0 Å². The second kappa shape index (κ2) is 3.96. The Balaban J connectivity index is 2.28. The minimum Gasteiger partial charge on any atom is -0.478 e. The van der Waals surface area contributed by atoms with Crippen LogP contribution < -0.4 is 0 Å². The summed E-state index contributed by atoms with van der Waals surface area (Å²) < 4.78 is 0. The molecule has 1 aromatic carbocycles. The Morgan fingerprint density at radius 1 is 1.22 bits per heavy atom. The molecule has 0 bridgehead atoms. The lowest BCUT2D eigenvalue weighted by Crippen LogP contribution is -1.96. The van der Waals surface area contributed by atoms with E-state index in [2.05, 4.69) is 15.2 Å². The zero-order valence-corrected chi connectivity index (χ0v) is 9.29. The smallest absolute Gasteiger partial charge is 0.337 e. The van der Waals surface area contributed by atoms with E-state index in [1.807, 2.05) is 18.2 Å². The summed E-state index contributed by atoms with van der Waals surface area (Å²) in [5.41, 5.74) is 2.31. The molecule has 0 amide bonds. The van der Waals surface area contributed by atoms with Gasteiger partial charge in [0, 0.05) is 23.3 Å². The molecule has 3 rings (SSSR count). The Labute approximate surface area is 102 Å². The van der Waals surface area contributed by atoms with Crippen LogP contribution in [0.5, 0.6) is 0 Å². The summed E-state index contributed by atoms with van der Waals surface area (Å²) in [7, 11) is 0. The van der Waals surface area contributed by atoms with Crippen molar-refractivity contribution in [3.63, 3.8) is 0 Å². The number of aromatic nitrogens is 3. The van der Waals surface area contributed by atoms with E-state index in [9.17, 15) is 4.79 Å². The fourth-order valence-electron chi connectivity index (χ4n) is 1.94. The fourth-order valence-corrected chi connectivity index (χ4v) is 1.94. The summed E-state index contributed by atoms with van der Waals surface area (Å²) in [6.45, 7) is 0. The van der Waals surface area contributed by atoms with Crippen molar-refractivity contribution in [2.75, 3.05) is 0 Å². The van der Waals surface area contributed by atoms with E-state index in [4.69, 9.17) is 5.11 Å². The van der Waals surface area contributed by atoms with E-state index in [0.29, 0.717) is 11.2 Å². The molecule has 18 heavy (non-hydrogen) atoms. The highest BCUT2D eigenvalue weighted by Crippen LogP contribution is 2.27. The topological polar surface area (TPSA) is 78.9 Å². The molecule has 0 unspecified atom stereocenters. The van der Waals surface area contributed by atoms with E-state index in [0.717, 1.165) is 10.9 Å². The summed E-state index contributed by atoms with van der Waals surface area (Å²) in [5, 5.41) is 16.8. The van der Waals surface area contributed by atoms with E-state index in [-0.39, 0.29) is 5.56 Å². The van der Waals surface area contributed by atoms with Gasteiger partial charge in [0.25, 0.3) is 0 Å². The molecule has 5 heteroatoms. The molecule has 0 aliphatic heterocycles. The molecule has 0 aliphatic carbocycles. The standard InChI is InChI=1S/C13H9N3O2/c17-13(18)10-5-1-4-9-11(15-16-12(9)10)8-3-2-6-14-7-8/h1-7H,(H,15,16)(H,17,18). The summed E-state index contributed by atoms with van der Waals surface area (Å²) in [6, 6.07) is 8.80. The van der Waals surface area contributed by atoms with Crippen molar-refractivity contribution in [1.82, 2.24) is 15.2 Å². The first kappa shape index (κ1) is 10.5. The first-order valence-corrected chi connectivity index (χ1v) is 5.38. The highest BCUT2D eigenvalue weighted by molar-refractivity contribution is 6.05. The largest absolute Gasteiger partial charge is 0.478 e. The molecule has 5 nitrogen and oxygen atoms in total. The van der Waals surface area contributed by atoms with Gasteiger partial charge < -0.3 is 5.11 Å². The SMILES string of the molecule is O=C(O)c1cccc2c(-c3cccnc3)n[nH]c12. The van der Waals surface area contributed by atoms with Gasteiger partial charge in [0.15, 0.2) is 0 Å². The number of fused-ring (bicyclic) bond motifs is 1. The van der Waals surface area contributed by atoms with Gasteiger partial charge in [-0.1, -0.05) is 12.1 Å². The molecule has 0 atom stereocenters. The number of benzene rings is 1. The predicted molar refractivity (Wildman–Crippen MR) is 66.3 cm³/mol. The van der Waals surface area contributed by atoms with Gasteiger partial charge in [-0.25, -0.2) is 4.79 Å². The number of nitrogens with zero attached hydrogens (tertiary/aromatic N) is 2. The molecule has 0 saturated carbocycles. The second-order valence-corrected chi connectivity index (χ2v) is 3.85. The van der Waals surface area contributed by atoms with Crippen LogP contribution in [0.25, 0.3) is 22.2 Å². The van der Waals surface area contributed by atoms with Crippen molar-refractivity contribution in [2.24, 2.45) is 0 Å². The number of pyridine rings is 1. The zero-order valence-electron chi connectivity index (χ0n) is 9.29. The Morgan fingerprint density at radius 3 is 2.83 bits per heavy atom. The lowest BCUT2D eigenvalue weighted by atomic mass is 10.1. The van der Waals surface area contributed by atoms with Crippen molar-refractivity contribution >= 4 is 16.9 Å². The highest BCUT2D eigenvalue weighted by atomic mass is 16.4. The van der Waals surface area contributed by atoms with Gasteiger partial charge in [-0.15, -0.1) is 0 Å². The maximum absolute atomic E-state index is 11.1. The molecule has 0 saturated heterocycles. The summed E-state index contributed by atoms with van der Waals surface area (Å²) in [5.74, 6) is -0.970. The molecule has 2 aromatic heterocycles.